The highest BCUT2D eigenvalue weighted by atomic mass is 79.9. The number of nitrogen functional groups attached to an aromatic ring is 1. The third kappa shape index (κ3) is 1.91. The maximum Gasteiger partial charge on any atom is 0.143 e. The van der Waals surface area contributed by atoms with E-state index in [0.717, 1.165) is 15.8 Å². The summed E-state index contributed by atoms with van der Waals surface area (Å²) in [6.07, 6.45) is 0. The van der Waals surface area contributed by atoms with Crippen molar-refractivity contribution < 1.29 is 4.74 Å². The first-order chi connectivity index (χ1) is 5.65. The molecule has 66 valence electrons. The lowest BCUT2D eigenvalue weighted by atomic mass is 10.2. The Morgan fingerprint density at radius 2 is 2.17 bits per heavy atom. The summed E-state index contributed by atoms with van der Waals surface area (Å²) in [6.45, 7) is 4.59. The highest BCUT2D eigenvalue weighted by molar-refractivity contribution is 9.10. The van der Waals surface area contributed by atoms with Gasteiger partial charge in [0.25, 0.3) is 0 Å². The number of ether oxygens (including phenoxy) is 1. The zero-order valence-electron chi connectivity index (χ0n) is 7.23. The van der Waals surface area contributed by atoms with Gasteiger partial charge in [0, 0.05) is 4.47 Å². The van der Waals surface area contributed by atoms with Gasteiger partial charge in [-0.3, -0.25) is 0 Å². The molecule has 1 aromatic rings. The van der Waals surface area contributed by atoms with Gasteiger partial charge in [0.1, 0.15) is 5.75 Å². The normalized spacial score (nSPS) is 9.92. The number of hydrogen-bond acceptors (Lipinski definition) is 2. The molecular weight excluding hydrogens is 218 g/mol. The molecule has 0 amide bonds. The molecule has 0 saturated carbocycles. The van der Waals surface area contributed by atoms with E-state index < -0.39 is 0 Å². The Bertz CT molecular complexity index is 286. The third-order valence-corrected chi connectivity index (χ3v) is 2.19. The van der Waals surface area contributed by atoms with Gasteiger partial charge in [-0.05, 0) is 47.5 Å². The molecule has 0 radical (unpaired) electrons. The van der Waals surface area contributed by atoms with Crippen LogP contribution in [-0.2, 0) is 0 Å². The first-order valence-corrected chi connectivity index (χ1v) is 4.63. The number of anilines is 1. The maximum absolute atomic E-state index is 5.77. The lowest BCUT2D eigenvalue weighted by Gasteiger charge is -2.08. The summed E-state index contributed by atoms with van der Waals surface area (Å²) in [7, 11) is 0. The Balaban J connectivity index is 3.09. The molecular formula is C9H12BrNO. The lowest BCUT2D eigenvalue weighted by Crippen LogP contribution is -1.98. The minimum atomic E-state index is 0.639. The molecule has 0 aliphatic heterocycles. The van der Waals surface area contributed by atoms with E-state index in [9.17, 15) is 0 Å². The van der Waals surface area contributed by atoms with E-state index in [2.05, 4.69) is 15.9 Å². The molecule has 0 heterocycles. The second kappa shape index (κ2) is 3.81. The predicted octanol–water partition coefficient (Wildman–Crippen LogP) is 2.74. The molecule has 2 N–H and O–H groups in total. The number of nitrogens with two attached hydrogens (primary N) is 1. The molecule has 3 heteroatoms. The highest BCUT2D eigenvalue weighted by Crippen LogP contribution is 2.31. The number of hydrogen-bond donors (Lipinski definition) is 1. The number of rotatable bonds is 2. The topological polar surface area (TPSA) is 35.2 Å². The van der Waals surface area contributed by atoms with Gasteiger partial charge in [-0.15, -0.1) is 0 Å². The molecule has 0 atom stereocenters. The van der Waals surface area contributed by atoms with E-state index in [4.69, 9.17) is 10.5 Å². The van der Waals surface area contributed by atoms with Crippen molar-refractivity contribution in [1.82, 2.24) is 0 Å². The summed E-state index contributed by atoms with van der Waals surface area (Å²) in [6, 6.07) is 3.90. The number of aryl methyl sites for hydroxylation is 1. The van der Waals surface area contributed by atoms with Crippen molar-refractivity contribution in [2.24, 2.45) is 0 Å². The van der Waals surface area contributed by atoms with Crippen LogP contribution < -0.4 is 10.5 Å². The van der Waals surface area contributed by atoms with Crippen molar-refractivity contribution >= 4 is 21.6 Å². The fraction of sp³-hybridized carbons (Fsp3) is 0.333. The molecule has 0 aliphatic rings. The van der Waals surface area contributed by atoms with Crippen LogP contribution in [0.15, 0.2) is 16.6 Å². The van der Waals surface area contributed by atoms with Crippen molar-refractivity contribution in [3.63, 3.8) is 0 Å². The van der Waals surface area contributed by atoms with Crippen LogP contribution in [0.1, 0.15) is 12.5 Å². The minimum absolute atomic E-state index is 0.639. The van der Waals surface area contributed by atoms with Crippen LogP contribution in [0.25, 0.3) is 0 Å². The molecule has 0 spiro atoms. The van der Waals surface area contributed by atoms with Crippen LogP contribution in [0.5, 0.6) is 5.75 Å². The largest absolute Gasteiger partial charge is 0.492 e. The van der Waals surface area contributed by atoms with E-state index >= 15 is 0 Å². The third-order valence-electron chi connectivity index (χ3n) is 1.54. The summed E-state index contributed by atoms with van der Waals surface area (Å²) >= 11 is 3.36. The standard InChI is InChI=1S/C9H12BrNO/c1-3-12-8-5-6(2)4-7(10)9(8)11/h4-5H,3,11H2,1-2H3. The SMILES string of the molecule is CCOc1cc(C)cc(Br)c1N. The Labute approximate surface area is 80.8 Å². The summed E-state index contributed by atoms with van der Waals surface area (Å²) in [5.41, 5.74) is 7.57. The molecule has 0 fully saturated rings. The van der Waals surface area contributed by atoms with Gasteiger partial charge in [0.2, 0.25) is 0 Å². The first kappa shape index (κ1) is 9.39. The molecule has 0 bridgehead atoms. The van der Waals surface area contributed by atoms with Crippen LogP contribution in [-0.4, -0.2) is 6.61 Å². The first-order valence-electron chi connectivity index (χ1n) is 3.83. The van der Waals surface area contributed by atoms with Crippen molar-refractivity contribution in [2.45, 2.75) is 13.8 Å². The fourth-order valence-corrected chi connectivity index (χ4v) is 1.55. The van der Waals surface area contributed by atoms with Gasteiger partial charge in [-0.1, -0.05) is 0 Å². The number of benzene rings is 1. The van der Waals surface area contributed by atoms with E-state index in [1.54, 1.807) is 0 Å². The summed E-state index contributed by atoms with van der Waals surface area (Å²) < 4.78 is 6.24. The smallest absolute Gasteiger partial charge is 0.143 e. The van der Waals surface area contributed by atoms with Crippen LogP contribution in [0.2, 0.25) is 0 Å². The molecule has 0 aliphatic carbocycles. The van der Waals surface area contributed by atoms with Crippen LogP contribution in [0.3, 0.4) is 0 Å². The summed E-state index contributed by atoms with van der Waals surface area (Å²) in [5.74, 6) is 0.754. The maximum atomic E-state index is 5.77. The van der Waals surface area contributed by atoms with Gasteiger partial charge < -0.3 is 10.5 Å². The van der Waals surface area contributed by atoms with Crippen LogP contribution in [0.4, 0.5) is 5.69 Å². The molecule has 1 aromatic carbocycles. The van der Waals surface area contributed by atoms with Crippen molar-refractivity contribution in [1.29, 1.82) is 0 Å². The molecule has 0 aromatic heterocycles. The quantitative estimate of drug-likeness (QED) is 0.793. The Morgan fingerprint density at radius 3 is 2.75 bits per heavy atom. The second-order valence-electron chi connectivity index (χ2n) is 2.59. The van der Waals surface area contributed by atoms with Crippen molar-refractivity contribution in [3.05, 3.63) is 22.2 Å². The monoisotopic (exact) mass is 229 g/mol. The van der Waals surface area contributed by atoms with Gasteiger partial charge in [-0.25, -0.2) is 0 Å². The zero-order chi connectivity index (χ0) is 9.14. The van der Waals surface area contributed by atoms with E-state index in [1.807, 2.05) is 26.0 Å². The van der Waals surface area contributed by atoms with E-state index in [-0.39, 0.29) is 0 Å². The lowest BCUT2D eigenvalue weighted by molar-refractivity contribution is 0.341. The van der Waals surface area contributed by atoms with Crippen LogP contribution >= 0.6 is 15.9 Å². The van der Waals surface area contributed by atoms with E-state index in [1.165, 1.54) is 0 Å². The summed E-state index contributed by atoms with van der Waals surface area (Å²) in [4.78, 5) is 0. The Kier molecular flexibility index (Phi) is 2.98. The number of halogens is 1. The van der Waals surface area contributed by atoms with Gasteiger partial charge in [0.05, 0.1) is 12.3 Å². The average Bonchev–Trinajstić information content (AvgIpc) is 2.00. The Hall–Kier alpha value is -0.700. The minimum Gasteiger partial charge on any atom is -0.492 e. The van der Waals surface area contributed by atoms with Gasteiger partial charge >= 0.3 is 0 Å². The highest BCUT2D eigenvalue weighted by Gasteiger charge is 2.04. The molecule has 1 rings (SSSR count). The molecule has 2 nitrogen and oxygen atoms in total. The van der Waals surface area contributed by atoms with Crippen LogP contribution in [0, 0.1) is 6.92 Å². The van der Waals surface area contributed by atoms with E-state index in [0.29, 0.717) is 12.3 Å². The molecule has 12 heavy (non-hydrogen) atoms. The zero-order valence-corrected chi connectivity index (χ0v) is 8.81. The van der Waals surface area contributed by atoms with Crippen molar-refractivity contribution in [3.8, 4) is 5.75 Å². The molecule has 0 unspecified atom stereocenters. The fourth-order valence-electron chi connectivity index (χ4n) is 0.996. The predicted molar refractivity (Wildman–Crippen MR) is 54.5 cm³/mol. The van der Waals surface area contributed by atoms with Gasteiger partial charge in [-0.2, -0.15) is 0 Å². The second-order valence-corrected chi connectivity index (χ2v) is 3.45. The molecule has 0 saturated heterocycles. The Morgan fingerprint density at radius 1 is 1.50 bits per heavy atom. The van der Waals surface area contributed by atoms with Crippen molar-refractivity contribution in [2.75, 3.05) is 12.3 Å². The summed E-state index contributed by atoms with van der Waals surface area (Å²) in [5, 5.41) is 0. The van der Waals surface area contributed by atoms with Gasteiger partial charge in [0.15, 0.2) is 0 Å². The average molecular weight is 230 g/mol.